The third-order valence-electron chi connectivity index (χ3n) is 3.69. The molecule has 3 rings (SSSR count). The quantitative estimate of drug-likeness (QED) is 0.902. The SMILES string of the molecule is Cl.O=C(CC1CCCN1)Nc1nc2c(s1)CCCC2. The Hall–Kier alpha value is -0.650. The average Bonchev–Trinajstić information content (AvgIpc) is 2.96. The summed E-state index contributed by atoms with van der Waals surface area (Å²) in [6.45, 7) is 1.05. The molecular formula is C13H20ClN3OS. The van der Waals surface area contributed by atoms with Gasteiger partial charge >= 0.3 is 0 Å². The number of hydrogen-bond acceptors (Lipinski definition) is 4. The molecule has 1 aromatic rings. The minimum Gasteiger partial charge on any atom is -0.313 e. The smallest absolute Gasteiger partial charge is 0.227 e. The van der Waals surface area contributed by atoms with Crippen molar-refractivity contribution >= 4 is 34.8 Å². The fourth-order valence-corrected chi connectivity index (χ4v) is 3.80. The molecular weight excluding hydrogens is 282 g/mol. The molecule has 1 atom stereocenters. The number of aromatic nitrogens is 1. The summed E-state index contributed by atoms with van der Waals surface area (Å²) in [6.07, 6.45) is 7.57. The van der Waals surface area contributed by atoms with Crippen molar-refractivity contribution in [2.24, 2.45) is 0 Å². The highest BCUT2D eigenvalue weighted by molar-refractivity contribution is 7.15. The first-order valence-corrected chi connectivity index (χ1v) is 7.65. The van der Waals surface area contributed by atoms with Crippen molar-refractivity contribution in [3.63, 3.8) is 0 Å². The molecule has 0 aromatic carbocycles. The highest BCUT2D eigenvalue weighted by atomic mass is 35.5. The summed E-state index contributed by atoms with van der Waals surface area (Å²) in [5.74, 6) is 0.0977. The molecule has 0 bridgehead atoms. The summed E-state index contributed by atoms with van der Waals surface area (Å²) in [5, 5.41) is 7.10. The minimum atomic E-state index is 0. The summed E-state index contributed by atoms with van der Waals surface area (Å²) in [4.78, 5) is 17.8. The zero-order valence-corrected chi connectivity index (χ0v) is 12.5. The number of carbonyl (C=O) groups excluding carboxylic acids is 1. The lowest BCUT2D eigenvalue weighted by Crippen LogP contribution is -2.27. The molecule has 0 saturated carbocycles. The highest BCUT2D eigenvalue weighted by Gasteiger charge is 2.20. The van der Waals surface area contributed by atoms with Crippen LogP contribution in [0.3, 0.4) is 0 Å². The van der Waals surface area contributed by atoms with Crippen LogP contribution < -0.4 is 10.6 Å². The van der Waals surface area contributed by atoms with E-state index in [-0.39, 0.29) is 18.3 Å². The molecule has 2 N–H and O–H groups in total. The fraction of sp³-hybridized carbons (Fsp3) is 0.692. The number of halogens is 1. The van der Waals surface area contributed by atoms with Crippen molar-refractivity contribution in [1.82, 2.24) is 10.3 Å². The van der Waals surface area contributed by atoms with Gasteiger partial charge < -0.3 is 10.6 Å². The zero-order chi connectivity index (χ0) is 12.4. The van der Waals surface area contributed by atoms with Crippen LogP contribution in [0.4, 0.5) is 5.13 Å². The number of carbonyl (C=O) groups is 1. The van der Waals surface area contributed by atoms with Crippen LogP contribution in [0.15, 0.2) is 0 Å². The maximum atomic E-state index is 11.9. The molecule has 1 unspecified atom stereocenters. The normalized spacial score (nSPS) is 21.6. The number of fused-ring (bicyclic) bond motifs is 1. The van der Waals surface area contributed by atoms with Crippen LogP contribution in [-0.2, 0) is 17.6 Å². The molecule has 1 fully saturated rings. The van der Waals surface area contributed by atoms with Gasteiger partial charge in [-0.1, -0.05) is 0 Å². The third kappa shape index (κ3) is 3.68. The molecule has 6 heteroatoms. The largest absolute Gasteiger partial charge is 0.313 e. The lowest BCUT2D eigenvalue weighted by Gasteiger charge is -2.08. The van der Waals surface area contributed by atoms with E-state index in [4.69, 9.17) is 0 Å². The Morgan fingerprint density at radius 1 is 1.37 bits per heavy atom. The van der Waals surface area contributed by atoms with Crippen molar-refractivity contribution in [3.8, 4) is 0 Å². The molecule has 106 valence electrons. The highest BCUT2D eigenvalue weighted by Crippen LogP contribution is 2.29. The van der Waals surface area contributed by atoms with Crippen LogP contribution in [0.25, 0.3) is 0 Å². The fourth-order valence-electron chi connectivity index (χ4n) is 2.73. The molecule has 1 saturated heterocycles. The van der Waals surface area contributed by atoms with Crippen LogP contribution in [0.2, 0.25) is 0 Å². The Labute approximate surface area is 123 Å². The van der Waals surface area contributed by atoms with E-state index in [1.165, 1.54) is 29.8 Å². The van der Waals surface area contributed by atoms with Crippen LogP contribution in [0.1, 0.15) is 42.7 Å². The summed E-state index contributed by atoms with van der Waals surface area (Å²) in [7, 11) is 0. The van der Waals surface area contributed by atoms with E-state index in [9.17, 15) is 4.79 Å². The Morgan fingerprint density at radius 2 is 2.21 bits per heavy atom. The van der Waals surface area contributed by atoms with Crippen LogP contribution >= 0.6 is 23.7 Å². The van der Waals surface area contributed by atoms with E-state index < -0.39 is 0 Å². The van der Waals surface area contributed by atoms with Crippen molar-refractivity contribution in [2.75, 3.05) is 11.9 Å². The number of thiazole rings is 1. The number of aryl methyl sites for hydroxylation is 2. The van der Waals surface area contributed by atoms with E-state index in [1.54, 1.807) is 11.3 Å². The average molecular weight is 302 g/mol. The van der Waals surface area contributed by atoms with Crippen molar-refractivity contribution < 1.29 is 4.79 Å². The number of nitrogens with one attached hydrogen (secondary N) is 2. The Balaban J connectivity index is 0.00000133. The van der Waals surface area contributed by atoms with Gasteiger partial charge in [0.2, 0.25) is 5.91 Å². The molecule has 4 nitrogen and oxygen atoms in total. The molecule has 2 heterocycles. The number of nitrogens with zero attached hydrogens (tertiary/aromatic N) is 1. The first-order chi connectivity index (χ1) is 8.81. The van der Waals surface area contributed by atoms with Gasteiger partial charge in [0.1, 0.15) is 0 Å². The van der Waals surface area contributed by atoms with E-state index in [2.05, 4.69) is 15.6 Å². The Kier molecular flexibility index (Phi) is 5.19. The number of rotatable bonds is 3. The second kappa shape index (κ2) is 6.68. The van der Waals surface area contributed by atoms with Crippen LogP contribution in [-0.4, -0.2) is 23.5 Å². The van der Waals surface area contributed by atoms with Crippen molar-refractivity contribution in [3.05, 3.63) is 10.6 Å². The van der Waals surface area contributed by atoms with Gasteiger partial charge in [-0.25, -0.2) is 4.98 Å². The van der Waals surface area contributed by atoms with Crippen molar-refractivity contribution in [2.45, 2.75) is 51.0 Å². The predicted molar refractivity (Wildman–Crippen MR) is 80.3 cm³/mol. The van der Waals surface area contributed by atoms with Gasteiger partial charge in [0, 0.05) is 17.3 Å². The summed E-state index contributed by atoms with van der Waals surface area (Å²) in [5.41, 5.74) is 1.21. The second-order valence-electron chi connectivity index (χ2n) is 5.14. The van der Waals surface area contributed by atoms with E-state index >= 15 is 0 Å². The van der Waals surface area contributed by atoms with E-state index in [0.29, 0.717) is 12.5 Å². The van der Waals surface area contributed by atoms with Gasteiger partial charge in [0.15, 0.2) is 5.13 Å². The second-order valence-corrected chi connectivity index (χ2v) is 6.23. The number of amides is 1. The van der Waals surface area contributed by atoms with Crippen molar-refractivity contribution in [1.29, 1.82) is 0 Å². The molecule has 19 heavy (non-hydrogen) atoms. The van der Waals surface area contributed by atoms with Gasteiger partial charge in [0.05, 0.1) is 5.69 Å². The summed E-state index contributed by atoms with van der Waals surface area (Å²) < 4.78 is 0. The predicted octanol–water partition coefficient (Wildman–Crippen LogP) is 2.52. The molecule has 1 aliphatic heterocycles. The van der Waals surface area contributed by atoms with Gasteiger partial charge in [-0.3, -0.25) is 4.79 Å². The molecule has 0 radical (unpaired) electrons. The topological polar surface area (TPSA) is 54.0 Å². The Bertz CT molecular complexity index is 420. The molecule has 2 aliphatic rings. The standard InChI is InChI=1S/C13H19N3OS.ClH/c17-12(8-9-4-3-7-14-9)16-13-15-10-5-1-2-6-11(10)18-13;/h9,14H,1-8H2,(H,15,16,17);1H. The van der Waals surface area contributed by atoms with E-state index in [1.807, 2.05) is 0 Å². The molecule has 0 spiro atoms. The molecule has 1 aliphatic carbocycles. The number of hydrogen-bond donors (Lipinski definition) is 2. The Morgan fingerprint density at radius 3 is 2.95 bits per heavy atom. The maximum absolute atomic E-state index is 11.9. The first kappa shape index (κ1) is 14.8. The molecule has 1 amide bonds. The molecule has 1 aromatic heterocycles. The van der Waals surface area contributed by atoms with Gasteiger partial charge in [0.25, 0.3) is 0 Å². The van der Waals surface area contributed by atoms with Gasteiger partial charge in [-0.05, 0) is 45.1 Å². The van der Waals surface area contributed by atoms with Crippen LogP contribution in [0, 0.1) is 0 Å². The lowest BCUT2D eigenvalue weighted by atomic mass is 10.0. The number of anilines is 1. The third-order valence-corrected chi connectivity index (χ3v) is 4.76. The summed E-state index contributed by atoms with van der Waals surface area (Å²) in [6, 6.07) is 0.361. The van der Waals surface area contributed by atoms with Crippen LogP contribution in [0.5, 0.6) is 0 Å². The van der Waals surface area contributed by atoms with Gasteiger partial charge in [-0.15, -0.1) is 23.7 Å². The first-order valence-electron chi connectivity index (χ1n) is 6.83. The summed E-state index contributed by atoms with van der Waals surface area (Å²) >= 11 is 1.66. The maximum Gasteiger partial charge on any atom is 0.227 e. The zero-order valence-electron chi connectivity index (χ0n) is 10.9. The minimum absolute atomic E-state index is 0. The van der Waals surface area contributed by atoms with Gasteiger partial charge in [-0.2, -0.15) is 0 Å². The monoisotopic (exact) mass is 301 g/mol. The lowest BCUT2D eigenvalue weighted by molar-refractivity contribution is -0.116. The van der Waals surface area contributed by atoms with E-state index in [0.717, 1.165) is 30.9 Å².